The number of aryl methyl sites for hydroxylation is 2. The predicted octanol–water partition coefficient (Wildman–Crippen LogP) is 2.83. The van der Waals surface area contributed by atoms with Crippen LogP contribution in [0.1, 0.15) is 35.8 Å². The van der Waals surface area contributed by atoms with Gasteiger partial charge in [0.15, 0.2) is 0 Å². The van der Waals surface area contributed by atoms with Crippen molar-refractivity contribution in [1.82, 2.24) is 15.1 Å². The van der Waals surface area contributed by atoms with E-state index in [4.69, 9.17) is 0 Å². The monoisotopic (exact) mass is 312 g/mol. The van der Waals surface area contributed by atoms with Crippen molar-refractivity contribution in [3.8, 4) is 0 Å². The molecule has 5 nitrogen and oxygen atoms in total. The lowest BCUT2D eigenvalue weighted by molar-refractivity contribution is -0.119. The topological polar surface area (TPSA) is 52.2 Å². The smallest absolute Gasteiger partial charge is 0.240 e. The quantitative estimate of drug-likeness (QED) is 0.944. The van der Waals surface area contributed by atoms with Gasteiger partial charge in [0.25, 0.3) is 0 Å². The number of hydrogen-bond acceptors (Lipinski definition) is 3. The fourth-order valence-corrected chi connectivity index (χ4v) is 3.47. The zero-order valence-electron chi connectivity index (χ0n) is 14.0. The molecule has 0 radical (unpaired) electrons. The lowest BCUT2D eigenvalue weighted by atomic mass is 10.0. The van der Waals surface area contributed by atoms with Crippen LogP contribution in [0.2, 0.25) is 0 Å². The fourth-order valence-electron chi connectivity index (χ4n) is 3.47. The predicted molar refractivity (Wildman–Crippen MR) is 91.5 cm³/mol. The van der Waals surface area contributed by atoms with E-state index in [2.05, 4.69) is 22.0 Å². The van der Waals surface area contributed by atoms with E-state index in [-0.39, 0.29) is 5.91 Å². The Morgan fingerprint density at radius 3 is 2.74 bits per heavy atom. The van der Waals surface area contributed by atoms with Gasteiger partial charge in [-0.1, -0.05) is 18.2 Å². The third-order valence-corrected chi connectivity index (χ3v) is 4.74. The molecule has 1 aromatic heterocycles. The van der Waals surface area contributed by atoms with Crippen LogP contribution in [-0.2, 0) is 4.79 Å². The maximum absolute atomic E-state index is 12.6. The second-order valence-corrected chi connectivity index (χ2v) is 6.26. The molecule has 5 heteroatoms. The first-order valence-electron chi connectivity index (χ1n) is 8.15. The highest BCUT2D eigenvalue weighted by molar-refractivity contribution is 5.94. The summed E-state index contributed by atoms with van der Waals surface area (Å²) >= 11 is 0. The van der Waals surface area contributed by atoms with Gasteiger partial charge in [0.2, 0.25) is 5.91 Å². The molecule has 0 saturated carbocycles. The minimum Gasteiger partial charge on any atom is -0.314 e. The number of nitrogens with zero attached hydrogens (tertiary/aromatic N) is 3. The Hall–Kier alpha value is -2.14. The highest BCUT2D eigenvalue weighted by atomic mass is 16.2. The van der Waals surface area contributed by atoms with E-state index in [1.165, 1.54) is 5.56 Å². The first kappa shape index (κ1) is 15.7. The summed E-state index contributed by atoms with van der Waals surface area (Å²) in [6.45, 7) is 5.50. The van der Waals surface area contributed by atoms with Crippen molar-refractivity contribution in [2.45, 2.75) is 32.7 Å². The van der Waals surface area contributed by atoms with Gasteiger partial charge in [-0.2, -0.15) is 5.10 Å². The molecule has 1 fully saturated rings. The second-order valence-electron chi connectivity index (χ2n) is 6.26. The molecule has 2 aromatic rings. The number of amides is 1. The summed E-state index contributed by atoms with van der Waals surface area (Å²) in [6, 6.07) is 10.1. The van der Waals surface area contributed by atoms with Gasteiger partial charge >= 0.3 is 0 Å². The van der Waals surface area contributed by atoms with Gasteiger partial charge < -0.3 is 4.90 Å². The van der Waals surface area contributed by atoms with Crippen LogP contribution >= 0.6 is 0 Å². The number of rotatable bonds is 4. The van der Waals surface area contributed by atoms with Crippen molar-refractivity contribution < 1.29 is 4.79 Å². The Morgan fingerprint density at radius 2 is 2.09 bits per heavy atom. The fraction of sp³-hybridized carbons (Fsp3) is 0.444. The normalized spacial score (nSPS) is 18.3. The number of aromatic nitrogens is 2. The summed E-state index contributed by atoms with van der Waals surface area (Å²) in [5.74, 6) is 0.127. The largest absolute Gasteiger partial charge is 0.314 e. The summed E-state index contributed by atoms with van der Waals surface area (Å²) in [5.41, 5.74) is 4.35. The molecule has 1 atom stereocenters. The van der Waals surface area contributed by atoms with Crippen molar-refractivity contribution in [3.05, 3.63) is 47.3 Å². The highest BCUT2D eigenvalue weighted by Gasteiger charge is 2.31. The highest BCUT2D eigenvalue weighted by Crippen LogP contribution is 2.34. The molecular formula is C18H24N4O. The standard InChI is InChI=1S/C18H24N4O/c1-13-18(14(2)20-19-13)16-10-7-11-22(16)12-17(23)21(3)15-8-5-4-6-9-15/h4-6,8-9,16H,7,10-12H2,1-3H3,(H,19,20). The average Bonchev–Trinajstić information content (AvgIpc) is 3.13. The van der Waals surface area contributed by atoms with Gasteiger partial charge in [-0.15, -0.1) is 0 Å². The lowest BCUT2D eigenvalue weighted by Gasteiger charge is -2.27. The van der Waals surface area contributed by atoms with Gasteiger partial charge in [0, 0.05) is 30.0 Å². The lowest BCUT2D eigenvalue weighted by Crippen LogP contribution is -2.38. The minimum atomic E-state index is 0.127. The number of H-pyrrole nitrogens is 1. The number of carbonyl (C=O) groups is 1. The minimum absolute atomic E-state index is 0.127. The van der Waals surface area contributed by atoms with Crippen LogP contribution in [0.5, 0.6) is 0 Å². The zero-order valence-corrected chi connectivity index (χ0v) is 14.0. The summed E-state index contributed by atoms with van der Waals surface area (Å²) < 4.78 is 0. The molecule has 1 amide bonds. The molecule has 23 heavy (non-hydrogen) atoms. The summed E-state index contributed by atoms with van der Waals surface area (Å²) in [5, 5.41) is 7.37. The molecule has 1 saturated heterocycles. The van der Waals surface area contributed by atoms with Crippen LogP contribution < -0.4 is 4.90 Å². The number of carbonyl (C=O) groups excluding carboxylic acids is 1. The number of para-hydroxylation sites is 1. The number of anilines is 1. The number of benzene rings is 1. The Balaban J connectivity index is 1.73. The van der Waals surface area contributed by atoms with Crippen molar-refractivity contribution in [3.63, 3.8) is 0 Å². The second kappa shape index (κ2) is 6.54. The van der Waals surface area contributed by atoms with E-state index in [0.717, 1.165) is 36.5 Å². The van der Waals surface area contributed by atoms with E-state index in [0.29, 0.717) is 12.6 Å². The Labute approximate surface area is 137 Å². The molecule has 1 aliphatic heterocycles. The van der Waals surface area contributed by atoms with Gasteiger partial charge in [0.1, 0.15) is 0 Å². The summed E-state index contributed by atoms with van der Waals surface area (Å²) in [7, 11) is 1.84. The van der Waals surface area contributed by atoms with Crippen LogP contribution in [0.4, 0.5) is 5.69 Å². The van der Waals surface area contributed by atoms with Crippen molar-refractivity contribution >= 4 is 11.6 Å². The van der Waals surface area contributed by atoms with E-state index >= 15 is 0 Å². The van der Waals surface area contributed by atoms with Crippen LogP contribution in [0.25, 0.3) is 0 Å². The third kappa shape index (κ3) is 3.15. The van der Waals surface area contributed by atoms with Crippen LogP contribution in [0.3, 0.4) is 0 Å². The Morgan fingerprint density at radius 1 is 1.35 bits per heavy atom. The van der Waals surface area contributed by atoms with Crippen molar-refractivity contribution in [2.24, 2.45) is 0 Å². The molecule has 2 heterocycles. The van der Waals surface area contributed by atoms with Gasteiger partial charge in [0.05, 0.1) is 12.2 Å². The Kier molecular flexibility index (Phi) is 4.48. The van der Waals surface area contributed by atoms with Crippen molar-refractivity contribution in [1.29, 1.82) is 0 Å². The SMILES string of the molecule is Cc1n[nH]c(C)c1C1CCCN1CC(=O)N(C)c1ccccc1. The number of likely N-dealkylation sites (tertiary alicyclic amines) is 1. The van der Waals surface area contributed by atoms with Crippen molar-refractivity contribution in [2.75, 3.05) is 25.0 Å². The first-order valence-corrected chi connectivity index (χ1v) is 8.15. The molecule has 3 rings (SSSR count). The molecule has 1 N–H and O–H groups in total. The van der Waals surface area contributed by atoms with E-state index < -0.39 is 0 Å². The van der Waals surface area contributed by atoms with E-state index in [1.807, 2.05) is 44.3 Å². The van der Waals surface area contributed by atoms with Gasteiger partial charge in [-0.05, 0) is 45.4 Å². The number of likely N-dealkylation sites (N-methyl/N-ethyl adjacent to an activating group) is 1. The molecule has 1 aromatic carbocycles. The molecule has 122 valence electrons. The number of aromatic amines is 1. The molecular weight excluding hydrogens is 288 g/mol. The molecule has 1 unspecified atom stereocenters. The molecule has 0 spiro atoms. The molecule has 1 aliphatic rings. The average molecular weight is 312 g/mol. The zero-order chi connectivity index (χ0) is 16.4. The molecule has 0 aliphatic carbocycles. The Bertz CT molecular complexity index is 660. The maximum Gasteiger partial charge on any atom is 0.240 e. The van der Waals surface area contributed by atoms with Crippen LogP contribution in [0.15, 0.2) is 30.3 Å². The van der Waals surface area contributed by atoms with Crippen LogP contribution in [0, 0.1) is 13.8 Å². The van der Waals surface area contributed by atoms with Gasteiger partial charge in [-0.3, -0.25) is 14.8 Å². The number of nitrogens with one attached hydrogen (secondary N) is 1. The summed E-state index contributed by atoms with van der Waals surface area (Å²) in [6.07, 6.45) is 2.21. The first-order chi connectivity index (χ1) is 11.1. The summed E-state index contributed by atoms with van der Waals surface area (Å²) in [4.78, 5) is 16.7. The van der Waals surface area contributed by atoms with Gasteiger partial charge in [-0.25, -0.2) is 0 Å². The van der Waals surface area contributed by atoms with Crippen LogP contribution in [-0.4, -0.2) is 41.1 Å². The third-order valence-electron chi connectivity index (χ3n) is 4.74. The molecule has 0 bridgehead atoms. The van der Waals surface area contributed by atoms with E-state index in [9.17, 15) is 4.79 Å². The maximum atomic E-state index is 12.6. The number of hydrogen-bond donors (Lipinski definition) is 1. The van der Waals surface area contributed by atoms with E-state index in [1.54, 1.807) is 4.90 Å².